The van der Waals surface area contributed by atoms with Gasteiger partial charge in [0.15, 0.2) is 34.5 Å². The number of anilines is 1. The third kappa shape index (κ3) is 3.57. The quantitative estimate of drug-likeness (QED) is 0.383. The number of furan rings is 1. The first-order valence-electron chi connectivity index (χ1n) is 10.4. The molecule has 1 aliphatic heterocycles. The van der Waals surface area contributed by atoms with Gasteiger partial charge in [-0.25, -0.2) is 8.78 Å². The van der Waals surface area contributed by atoms with E-state index in [1.54, 1.807) is 18.2 Å². The van der Waals surface area contributed by atoms with E-state index in [0.717, 1.165) is 23.1 Å². The molecule has 5 rings (SSSR count). The van der Waals surface area contributed by atoms with Gasteiger partial charge in [0.1, 0.15) is 5.75 Å². The number of phenolic OH excluding ortho intramolecular Hbond substituents is 1. The van der Waals surface area contributed by atoms with E-state index in [1.165, 1.54) is 37.4 Å². The highest BCUT2D eigenvalue weighted by atomic mass is 19.2. The van der Waals surface area contributed by atoms with Gasteiger partial charge in [-0.1, -0.05) is 24.3 Å². The third-order valence-electron chi connectivity index (χ3n) is 5.77. The van der Waals surface area contributed by atoms with Crippen LogP contribution in [0.5, 0.6) is 11.5 Å². The number of halogens is 2. The Morgan fingerprint density at radius 2 is 1.77 bits per heavy atom. The minimum absolute atomic E-state index is 0.0946. The van der Waals surface area contributed by atoms with Crippen LogP contribution in [0, 0.1) is 11.6 Å². The minimum atomic E-state index is -1.26. The number of Topliss-reactive ketones (excluding diaryl/α,β-unsaturated/α-hetero) is 1. The Kier molecular flexibility index (Phi) is 5.24. The van der Waals surface area contributed by atoms with Gasteiger partial charge in [-0.2, -0.15) is 0 Å². The van der Waals surface area contributed by atoms with E-state index < -0.39 is 35.1 Å². The summed E-state index contributed by atoms with van der Waals surface area (Å²) in [6.45, 7) is 0. The number of fused-ring (bicyclic) bond motifs is 1. The number of ether oxygens (including phenoxy) is 1. The topological polar surface area (TPSA) is 100 Å². The van der Waals surface area contributed by atoms with Gasteiger partial charge in [-0.15, -0.1) is 0 Å². The largest absolute Gasteiger partial charge is 0.508 e. The molecule has 35 heavy (non-hydrogen) atoms. The van der Waals surface area contributed by atoms with E-state index in [-0.39, 0.29) is 28.3 Å². The lowest BCUT2D eigenvalue weighted by atomic mass is 9.94. The summed E-state index contributed by atoms with van der Waals surface area (Å²) in [5, 5.41) is 21.4. The lowest BCUT2D eigenvalue weighted by Crippen LogP contribution is -2.31. The average Bonchev–Trinajstić information content (AvgIpc) is 3.40. The fourth-order valence-corrected chi connectivity index (χ4v) is 4.19. The predicted molar refractivity (Wildman–Crippen MR) is 121 cm³/mol. The van der Waals surface area contributed by atoms with Gasteiger partial charge in [0.2, 0.25) is 5.78 Å². The maximum absolute atomic E-state index is 14.0. The van der Waals surface area contributed by atoms with E-state index in [1.807, 2.05) is 0 Å². The molecule has 7 nitrogen and oxygen atoms in total. The highest BCUT2D eigenvalue weighted by molar-refractivity contribution is 6.20. The molecule has 2 N–H and O–H groups in total. The van der Waals surface area contributed by atoms with Crippen LogP contribution in [0.1, 0.15) is 22.2 Å². The molecule has 2 heterocycles. The summed E-state index contributed by atoms with van der Waals surface area (Å²) >= 11 is 0. The summed E-state index contributed by atoms with van der Waals surface area (Å²) in [4.78, 5) is 27.7. The molecule has 1 aromatic heterocycles. The van der Waals surface area contributed by atoms with Gasteiger partial charge in [0, 0.05) is 17.1 Å². The number of carbonyl (C=O) groups excluding carboxylic acids is 2. The summed E-state index contributed by atoms with van der Waals surface area (Å²) in [6, 6.07) is 13.7. The van der Waals surface area contributed by atoms with Crippen molar-refractivity contribution in [3.05, 3.63) is 101 Å². The van der Waals surface area contributed by atoms with E-state index >= 15 is 0 Å². The fraction of sp³-hybridized carbons (Fsp3) is 0.0769. The molecule has 1 amide bonds. The standard InChI is InChI=1S/C26H17F2NO6/c1-34-19-7-3-5-14-11-20(35-25(14)19)23(31)21-22(13-4-2-6-16(30)10-13)29(26(33)24(21)32)15-8-9-17(27)18(28)12-15/h2-12,22,30,32H,1H3. The van der Waals surface area contributed by atoms with Gasteiger partial charge in [-0.05, 0) is 42.0 Å². The minimum Gasteiger partial charge on any atom is -0.508 e. The molecule has 4 aromatic rings. The van der Waals surface area contributed by atoms with Gasteiger partial charge in [0.25, 0.3) is 5.91 Å². The second kappa shape index (κ2) is 8.28. The van der Waals surface area contributed by atoms with Crippen molar-refractivity contribution in [1.82, 2.24) is 0 Å². The van der Waals surface area contributed by atoms with Crippen molar-refractivity contribution in [2.45, 2.75) is 6.04 Å². The van der Waals surface area contributed by atoms with Crippen molar-refractivity contribution in [1.29, 1.82) is 0 Å². The Labute approximate surface area is 197 Å². The van der Waals surface area contributed by atoms with Gasteiger partial charge < -0.3 is 19.4 Å². The van der Waals surface area contributed by atoms with Crippen LogP contribution in [0.3, 0.4) is 0 Å². The first-order chi connectivity index (χ1) is 16.8. The second-order valence-corrected chi connectivity index (χ2v) is 7.85. The van der Waals surface area contributed by atoms with Crippen molar-refractivity contribution in [3.8, 4) is 11.5 Å². The van der Waals surface area contributed by atoms with Crippen LogP contribution in [0.15, 0.2) is 82.5 Å². The summed E-state index contributed by atoms with van der Waals surface area (Å²) in [6.07, 6.45) is 0. The highest BCUT2D eigenvalue weighted by Gasteiger charge is 2.45. The van der Waals surface area contributed by atoms with Gasteiger partial charge in [0.05, 0.1) is 18.7 Å². The van der Waals surface area contributed by atoms with Crippen molar-refractivity contribution in [3.63, 3.8) is 0 Å². The number of aliphatic hydroxyl groups excluding tert-OH is 1. The van der Waals surface area contributed by atoms with Gasteiger partial charge >= 0.3 is 0 Å². The summed E-state index contributed by atoms with van der Waals surface area (Å²) in [5.41, 5.74) is 0.115. The number of hydrogen-bond acceptors (Lipinski definition) is 6. The Hall–Kier alpha value is -4.66. The van der Waals surface area contributed by atoms with E-state index in [0.29, 0.717) is 16.7 Å². The first kappa shape index (κ1) is 22.1. The van der Waals surface area contributed by atoms with Crippen molar-refractivity contribution >= 4 is 28.3 Å². The first-order valence-corrected chi connectivity index (χ1v) is 10.4. The molecule has 0 saturated heterocycles. The monoisotopic (exact) mass is 477 g/mol. The maximum atomic E-state index is 14.0. The molecule has 1 aliphatic rings. The van der Waals surface area contributed by atoms with Crippen LogP contribution in [0.25, 0.3) is 11.0 Å². The Morgan fingerprint density at radius 3 is 2.49 bits per heavy atom. The molecular weight excluding hydrogens is 460 g/mol. The number of amides is 1. The molecule has 1 atom stereocenters. The molecule has 0 aliphatic carbocycles. The van der Waals surface area contributed by atoms with Crippen LogP contribution >= 0.6 is 0 Å². The number of benzene rings is 3. The number of ketones is 1. The number of para-hydroxylation sites is 1. The lowest BCUT2D eigenvalue weighted by Gasteiger charge is -2.27. The number of rotatable bonds is 5. The molecule has 0 radical (unpaired) electrons. The zero-order valence-corrected chi connectivity index (χ0v) is 18.2. The highest BCUT2D eigenvalue weighted by Crippen LogP contribution is 2.43. The van der Waals surface area contributed by atoms with Crippen LogP contribution in [-0.2, 0) is 4.79 Å². The fourth-order valence-electron chi connectivity index (χ4n) is 4.19. The molecule has 1 unspecified atom stereocenters. The Morgan fingerprint density at radius 1 is 1.00 bits per heavy atom. The van der Waals surface area contributed by atoms with E-state index in [9.17, 15) is 28.6 Å². The number of aliphatic hydroxyl groups is 1. The molecule has 0 fully saturated rings. The second-order valence-electron chi connectivity index (χ2n) is 7.85. The van der Waals surface area contributed by atoms with Gasteiger partial charge in [-0.3, -0.25) is 14.5 Å². The van der Waals surface area contributed by atoms with E-state index in [4.69, 9.17) is 9.15 Å². The van der Waals surface area contributed by atoms with Crippen molar-refractivity contribution in [2.75, 3.05) is 12.0 Å². The van der Waals surface area contributed by atoms with E-state index in [2.05, 4.69) is 0 Å². The smallest absolute Gasteiger partial charge is 0.294 e. The normalized spacial score (nSPS) is 15.8. The Balaban J connectivity index is 1.68. The summed E-state index contributed by atoms with van der Waals surface area (Å²) in [5.74, 6) is -4.96. The lowest BCUT2D eigenvalue weighted by molar-refractivity contribution is -0.117. The van der Waals surface area contributed by atoms with Crippen LogP contribution in [-0.4, -0.2) is 29.0 Å². The number of phenols is 1. The average molecular weight is 477 g/mol. The number of aromatic hydroxyl groups is 1. The van der Waals surface area contributed by atoms with Crippen molar-refractivity contribution < 1.29 is 37.7 Å². The molecule has 0 spiro atoms. The number of carbonyl (C=O) groups is 2. The number of methoxy groups -OCH3 is 1. The SMILES string of the molecule is COc1cccc2cc(C(=O)C3=C(O)C(=O)N(c4ccc(F)c(F)c4)C3c3cccc(O)c3)oc12. The zero-order chi connectivity index (χ0) is 24.9. The zero-order valence-electron chi connectivity index (χ0n) is 18.2. The molecule has 9 heteroatoms. The summed E-state index contributed by atoms with van der Waals surface area (Å²) in [7, 11) is 1.44. The molecule has 0 saturated carbocycles. The van der Waals surface area contributed by atoms with Crippen LogP contribution in [0.4, 0.5) is 14.5 Å². The van der Waals surface area contributed by atoms with Crippen LogP contribution < -0.4 is 9.64 Å². The Bertz CT molecular complexity index is 1540. The number of hydrogen-bond donors (Lipinski definition) is 2. The maximum Gasteiger partial charge on any atom is 0.294 e. The van der Waals surface area contributed by atoms with Crippen molar-refractivity contribution in [2.24, 2.45) is 0 Å². The molecule has 3 aromatic carbocycles. The number of nitrogens with zero attached hydrogens (tertiary/aromatic N) is 1. The summed E-state index contributed by atoms with van der Waals surface area (Å²) < 4.78 is 38.6. The molecule has 0 bridgehead atoms. The third-order valence-corrected chi connectivity index (χ3v) is 5.77. The molecular formula is C26H17F2NO6. The predicted octanol–water partition coefficient (Wildman–Crippen LogP) is 5.21. The molecule has 176 valence electrons. The van der Waals surface area contributed by atoms with Crippen LogP contribution in [0.2, 0.25) is 0 Å².